The molecule has 0 aromatic rings. The quantitative estimate of drug-likeness (QED) is 0.607. The maximum atomic E-state index is 5.55. The zero-order chi connectivity index (χ0) is 8.48. The van der Waals surface area contributed by atoms with Crippen molar-refractivity contribution >= 4 is 0 Å². The Labute approximate surface area is 67.6 Å². The first-order chi connectivity index (χ1) is 5.05. The molecule has 0 bridgehead atoms. The molecule has 0 amide bonds. The second kappa shape index (κ2) is 3.09. The molecule has 0 aromatic heterocycles. The normalized spacial score (nSPS) is 36.0. The van der Waals surface area contributed by atoms with E-state index >= 15 is 0 Å². The Bertz CT molecular complexity index is 133. The van der Waals surface area contributed by atoms with Gasteiger partial charge in [0.15, 0.2) is 5.79 Å². The van der Waals surface area contributed by atoms with Gasteiger partial charge in [-0.15, -0.1) is 0 Å². The van der Waals surface area contributed by atoms with E-state index in [0.717, 1.165) is 0 Å². The highest BCUT2D eigenvalue weighted by Crippen LogP contribution is 2.27. The van der Waals surface area contributed by atoms with Crippen molar-refractivity contribution < 1.29 is 14.2 Å². The average molecular weight is 160 g/mol. The standard InChI is InChI=1S/C8H16O3/c1-6-7(5-9-4)11-8(2,3)10-6/h6-7H,5H2,1-4H3/t6-,7+/m0/s1. The molecule has 0 radical (unpaired) electrons. The molecule has 1 saturated heterocycles. The summed E-state index contributed by atoms with van der Waals surface area (Å²) in [5, 5.41) is 0. The molecule has 1 aliphatic heterocycles. The van der Waals surface area contributed by atoms with Crippen LogP contribution in [0.2, 0.25) is 0 Å². The molecule has 1 fully saturated rings. The summed E-state index contributed by atoms with van der Waals surface area (Å²) in [5.41, 5.74) is 0. The molecule has 0 aliphatic carbocycles. The summed E-state index contributed by atoms with van der Waals surface area (Å²) in [6, 6.07) is 0. The fraction of sp³-hybridized carbons (Fsp3) is 1.00. The van der Waals surface area contributed by atoms with E-state index in [1.807, 2.05) is 20.8 Å². The molecule has 3 heteroatoms. The zero-order valence-electron chi connectivity index (χ0n) is 7.59. The van der Waals surface area contributed by atoms with Crippen LogP contribution < -0.4 is 0 Å². The van der Waals surface area contributed by atoms with Gasteiger partial charge in [-0.05, 0) is 20.8 Å². The number of hydrogen-bond acceptors (Lipinski definition) is 3. The predicted octanol–water partition coefficient (Wildman–Crippen LogP) is 1.17. The monoisotopic (exact) mass is 160 g/mol. The van der Waals surface area contributed by atoms with E-state index in [1.165, 1.54) is 0 Å². The fourth-order valence-corrected chi connectivity index (χ4v) is 1.35. The number of rotatable bonds is 2. The molecule has 3 nitrogen and oxygen atoms in total. The Morgan fingerprint density at radius 1 is 1.36 bits per heavy atom. The van der Waals surface area contributed by atoms with Gasteiger partial charge in [0, 0.05) is 7.11 Å². The molecule has 0 saturated carbocycles. The predicted molar refractivity (Wildman–Crippen MR) is 41.4 cm³/mol. The van der Waals surface area contributed by atoms with E-state index in [0.29, 0.717) is 6.61 Å². The highest BCUT2D eigenvalue weighted by atomic mass is 16.8. The molecule has 0 unspecified atom stereocenters. The van der Waals surface area contributed by atoms with E-state index in [9.17, 15) is 0 Å². The summed E-state index contributed by atoms with van der Waals surface area (Å²) < 4.78 is 16.1. The summed E-state index contributed by atoms with van der Waals surface area (Å²) >= 11 is 0. The largest absolute Gasteiger partial charge is 0.382 e. The minimum Gasteiger partial charge on any atom is -0.382 e. The van der Waals surface area contributed by atoms with Crippen molar-refractivity contribution in [2.45, 2.75) is 38.8 Å². The Kier molecular flexibility index (Phi) is 2.52. The second-order valence-electron chi connectivity index (χ2n) is 3.33. The van der Waals surface area contributed by atoms with Crippen molar-refractivity contribution in [1.82, 2.24) is 0 Å². The molecular weight excluding hydrogens is 144 g/mol. The van der Waals surface area contributed by atoms with Crippen LogP contribution in [0.15, 0.2) is 0 Å². The van der Waals surface area contributed by atoms with Crippen LogP contribution in [0.1, 0.15) is 20.8 Å². The molecular formula is C8H16O3. The third-order valence-electron chi connectivity index (χ3n) is 1.76. The van der Waals surface area contributed by atoms with Gasteiger partial charge in [-0.2, -0.15) is 0 Å². The summed E-state index contributed by atoms with van der Waals surface area (Å²) in [5.74, 6) is -0.442. The van der Waals surface area contributed by atoms with Crippen LogP contribution in [-0.2, 0) is 14.2 Å². The van der Waals surface area contributed by atoms with Crippen molar-refractivity contribution in [3.63, 3.8) is 0 Å². The van der Waals surface area contributed by atoms with Gasteiger partial charge >= 0.3 is 0 Å². The Balaban J connectivity index is 2.45. The zero-order valence-corrected chi connectivity index (χ0v) is 7.59. The average Bonchev–Trinajstić information content (AvgIpc) is 2.07. The van der Waals surface area contributed by atoms with E-state index in [-0.39, 0.29) is 12.2 Å². The number of ether oxygens (including phenoxy) is 3. The highest BCUT2D eigenvalue weighted by Gasteiger charge is 2.38. The lowest BCUT2D eigenvalue weighted by Crippen LogP contribution is -2.25. The summed E-state index contributed by atoms with van der Waals surface area (Å²) in [4.78, 5) is 0. The topological polar surface area (TPSA) is 27.7 Å². The number of hydrogen-bond donors (Lipinski definition) is 0. The summed E-state index contributed by atoms with van der Waals surface area (Å²) in [6.45, 7) is 6.43. The molecule has 1 rings (SSSR count). The molecule has 0 spiro atoms. The smallest absolute Gasteiger partial charge is 0.163 e. The van der Waals surface area contributed by atoms with E-state index < -0.39 is 5.79 Å². The van der Waals surface area contributed by atoms with Gasteiger partial charge in [0.25, 0.3) is 0 Å². The van der Waals surface area contributed by atoms with Crippen LogP contribution in [-0.4, -0.2) is 31.7 Å². The fourth-order valence-electron chi connectivity index (χ4n) is 1.35. The first-order valence-corrected chi connectivity index (χ1v) is 3.90. The van der Waals surface area contributed by atoms with Crippen LogP contribution in [0.25, 0.3) is 0 Å². The van der Waals surface area contributed by atoms with Crippen molar-refractivity contribution in [3.05, 3.63) is 0 Å². The van der Waals surface area contributed by atoms with Gasteiger partial charge in [-0.25, -0.2) is 0 Å². The minimum atomic E-state index is -0.442. The van der Waals surface area contributed by atoms with Crippen LogP contribution in [0, 0.1) is 0 Å². The summed E-state index contributed by atoms with van der Waals surface area (Å²) in [6.07, 6.45) is 0.208. The van der Waals surface area contributed by atoms with Crippen molar-refractivity contribution in [2.24, 2.45) is 0 Å². The third-order valence-corrected chi connectivity index (χ3v) is 1.76. The van der Waals surface area contributed by atoms with Gasteiger partial charge in [0.1, 0.15) is 6.10 Å². The lowest BCUT2D eigenvalue weighted by molar-refractivity contribution is -0.148. The van der Waals surface area contributed by atoms with Gasteiger partial charge in [0.2, 0.25) is 0 Å². The molecule has 11 heavy (non-hydrogen) atoms. The van der Waals surface area contributed by atoms with Gasteiger partial charge in [-0.3, -0.25) is 0 Å². The van der Waals surface area contributed by atoms with E-state index in [1.54, 1.807) is 7.11 Å². The molecule has 66 valence electrons. The Morgan fingerprint density at radius 2 is 2.00 bits per heavy atom. The van der Waals surface area contributed by atoms with Gasteiger partial charge < -0.3 is 14.2 Å². The first-order valence-electron chi connectivity index (χ1n) is 3.90. The Hall–Kier alpha value is -0.120. The molecule has 0 aromatic carbocycles. The molecule has 0 N–H and O–H groups in total. The van der Waals surface area contributed by atoms with Gasteiger partial charge in [0.05, 0.1) is 12.7 Å². The van der Waals surface area contributed by atoms with Crippen molar-refractivity contribution in [3.8, 4) is 0 Å². The van der Waals surface area contributed by atoms with Crippen LogP contribution in [0.4, 0.5) is 0 Å². The van der Waals surface area contributed by atoms with E-state index in [4.69, 9.17) is 14.2 Å². The number of methoxy groups -OCH3 is 1. The lowest BCUT2D eigenvalue weighted by atomic mass is 10.2. The van der Waals surface area contributed by atoms with Crippen LogP contribution >= 0.6 is 0 Å². The molecule has 2 atom stereocenters. The first kappa shape index (κ1) is 8.97. The minimum absolute atomic E-state index is 0.0787. The van der Waals surface area contributed by atoms with E-state index in [2.05, 4.69) is 0 Å². The van der Waals surface area contributed by atoms with Crippen molar-refractivity contribution in [2.75, 3.05) is 13.7 Å². The molecule has 1 aliphatic rings. The lowest BCUT2D eigenvalue weighted by Gasteiger charge is -2.16. The van der Waals surface area contributed by atoms with Crippen LogP contribution in [0.5, 0.6) is 0 Å². The van der Waals surface area contributed by atoms with Crippen LogP contribution in [0.3, 0.4) is 0 Å². The SMILES string of the molecule is COC[C@H]1OC(C)(C)O[C@H]1C. The van der Waals surface area contributed by atoms with Crippen molar-refractivity contribution in [1.29, 1.82) is 0 Å². The summed E-state index contributed by atoms with van der Waals surface area (Å²) in [7, 11) is 1.67. The van der Waals surface area contributed by atoms with Gasteiger partial charge in [-0.1, -0.05) is 0 Å². The maximum absolute atomic E-state index is 5.55. The maximum Gasteiger partial charge on any atom is 0.163 e. The molecule has 1 heterocycles. The Morgan fingerprint density at radius 3 is 2.36 bits per heavy atom. The third kappa shape index (κ3) is 2.15. The second-order valence-corrected chi connectivity index (χ2v) is 3.33. The highest BCUT2D eigenvalue weighted by molar-refractivity contribution is 4.77.